The second-order valence-corrected chi connectivity index (χ2v) is 6.09. The first-order valence-electron chi connectivity index (χ1n) is 7.07. The summed E-state index contributed by atoms with van der Waals surface area (Å²) in [5, 5.41) is 12.2. The molecule has 2 N–H and O–H groups in total. The van der Waals surface area contributed by atoms with E-state index in [-0.39, 0.29) is 17.4 Å². The smallest absolute Gasteiger partial charge is 0.307 e. The van der Waals surface area contributed by atoms with Gasteiger partial charge in [0.05, 0.1) is 11.8 Å². The average Bonchev–Trinajstić information content (AvgIpc) is 2.78. The highest BCUT2D eigenvalue weighted by atomic mass is 16.4. The Morgan fingerprint density at radius 1 is 1.06 bits per heavy atom. The predicted molar refractivity (Wildman–Crippen MR) is 68.1 cm³/mol. The fourth-order valence-corrected chi connectivity index (χ4v) is 3.42. The van der Waals surface area contributed by atoms with Crippen LogP contribution in [0.15, 0.2) is 0 Å². The summed E-state index contributed by atoms with van der Waals surface area (Å²) in [4.78, 5) is 23.4. The van der Waals surface area contributed by atoms with Gasteiger partial charge in [0.1, 0.15) is 0 Å². The maximum absolute atomic E-state index is 12.3. The second-order valence-electron chi connectivity index (χ2n) is 6.09. The summed E-state index contributed by atoms with van der Waals surface area (Å²) in [6, 6.07) is 0. The van der Waals surface area contributed by atoms with Crippen LogP contribution in [-0.4, -0.2) is 22.5 Å². The molecule has 0 aromatic rings. The van der Waals surface area contributed by atoms with E-state index in [2.05, 4.69) is 12.2 Å². The van der Waals surface area contributed by atoms with Crippen LogP contribution in [0, 0.1) is 11.8 Å². The SMILES string of the molecule is CC1(NC(=O)[C@@H]2CCC[C@@H]2C(=O)O)CCCCC1. The van der Waals surface area contributed by atoms with Crippen molar-refractivity contribution in [3.05, 3.63) is 0 Å². The molecule has 0 heterocycles. The van der Waals surface area contributed by atoms with Gasteiger partial charge in [0.25, 0.3) is 0 Å². The van der Waals surface area contributed by atoms with E-state index in [1.54, 1.807) is 0 Å². The number of hydrogen-bond donors (Lipinski definition) is 2. The van der Waals surface area contributed by atoms with Gasteiger partial charge in [-0.05, 0) is 32.6 Å². The van der Waals surface area contributed by atoms with Crippen molar-refractivity contribution in [1.29, 1.82) is 0 Å². The van der Waals surface area contributed by atoms with Gasteiger partial charge in [-0.15, -0.1) is 0 Å². The van der Waals surface area contributed by atoms with Gasteiger partial charge in [0.15, 0.2) is 0 Å². The minimum absolute atomic E-state index is 0.0377. The van der Waals surface area contributed by atoms with Gasteiger partial charge >= 0.3 is 5.97 Å². The summed E-state index contributed by atoms with van der Waals surface area (Å²) in [5.41, 5.74) is -0.110. The highest BCUT2D eigenvalue weighted by Gasteiger charge is 2.40. The fraction of sp³-hybridized carbons (Fsp3) is 0.857. The van der Waals surface area contributed by atoms with Gasteiger partial charge in [-0.3, -0.25) is 9.59 Å². The van der Waals surface area contributed by atoms with Crippen molar-refractivity contribution in [2.24, 2.45) is 11.8 Å². The fourth-order valence-electron chi connectivity index (χ4n) is 3.42. The number of carboxylic acids is 1. The van der Waals surface area contributed by atoms with Crippen molar-refractivity contribution < 1.29 is 14.7 Å². The molecular weight excluding hydrogens is 230 g/mol. The Morgan fingerprint density at radius 2 is 1.67 bits per heavy atom. The number of aliphatic carboxylic acids is 1. The molecule has 0 aliphatic heterocycles. The summed E-state index contributed by atoms with van der Waals surface area (Å²) >= 11 is 0. The van der Waals surface area contributed by atoms with Gasteiger partial charge in [-0.2, -0.15) is 0 Å². The van der Waals surface area contributed by atoms with Gasteiger partial charge in [0.2, 0.25) is 5.91 Å². The number of amides is 1. The molecule has 4 heteroatoms. The van der Waals surface area contributed by atoms with E-state index >= 15 is 0 Å². The molecule has 2 fully saturated rings. The number of nitrogens with one attached hydrogen (secondary N) is 1. The van der Waals surface area contributed by atoms with Crippen LogP contribution in [-0.2, 0) is 9.59 Å². The van der Waals surface area contributed by atoms with E-state index in [4.69, 9.17) is 5.11 Å². The standard InChI is InChI=1S/C14H23NO3/c1-14(8-3-2-4-9-14)15-12(16)10-6-5-7-11(10)13(17)18/h10-11H,2-9H2,1H3,(H,15,16)(H,17,18)/t10-,11+/m1/s1. The Balaban J connectivity index is 1.96. The van der Waals surface area contributed by atoms with Crippen LogP contribution >= 0.6 is 0 Å². The molecule has 1 amide bonds. The average molecular weight is 253 g/mol. The molecule has 102 valence electrons. The zero-order valence-electron chi connectivity index (χ0n) is 11.1. The van der Waals surface area contributed by atoms with Crippen molar-refractivity contribution in [2.75, 3.05) is 0 Å². The lowest BCUT2D eigenvalue weighted by molar-refractivity contribution is -0.146. The Bertz CT molecular complexity index is 334. The molecule has 0 bridgehead atoms. The van der Waals surface area contributed by atoms with Crippen molar-refractivity contribution in [3.63, 3.8) is 0 Å². The monoisotopic (exact) mass is 253 g/mol. The number of rotatable bonds is 3. The molecule has 0 unspecified atom stereocenters. The zero-order valence-corrected chi connectivity index (χ0v) is 11.1. The van der Waals surface area contributed by atoms with Crippen molar-refractivity contribution in [2.45, 2.75) is 63.8 Å². The molecule has 2 aliphatic carbocycles. The van der Waals surface area contributed by atoms with Crippen molar-refractivity contribution in [1.82, 2.24) is 5.32 Å². The van der Waals surface area contributed by atoms with E-state index in [0.717, 1.165) is 38.5 Å². The van der Waals surface area contributed by atoms with Crippen LogP contribution in [0.3, 0.4) is 0 Å². The zero-order chi connectivity index (χ0) is 13.2. The maximum atomic E-state index is 12.3. The Kier molecular flexibility index (Phi) is 3.93. The first kappa shape index (κ1) is 13.4. The highest BCUT2D eigenvalue weighted by molar-refractivity contribution is 5.85. The molecule has 0 radical (unpaired) electrons. The quantitative estimate of drug-likeness (QED) is 0.811. The first-order chi connectivity index (χ1) is 8.52. The molecule has 2 rings (SSSR count). The minimum Gasteiger partial charge on any atom is -0.481 e. The molecular formula is C14H23NO3. The lowest BCUT2D eigenvalue weighted by Gasteiger charge is -2.35. The highest BCUT2D eigenvalue weighted by Crippen LogP contribution is 2.34. The van der Waals surface area contributed by atoms with Crippen LogP contribution in [0.1, 0.15) is 58.3 Å². The van der Waals surface area contributed by atoms with Crippen LogP contribution in [0.2, 0.25) is 0 Å². The Labute approximate surface area is 108 Å². The van der Waals surface area contributed by atoms with E-state index in [1.165, 1.54) is 6.42 Å². The van der Waals surface area contributed by atoms with Gasteiger partial charge in [-0.25, -0.2) is 0 Å². The third-order valence-electron chi connectivity index (χ3n) is 4.55. The lowest BCUT2D eigenvalue weighted by atomic mass is 9.82. The largest absolute Gasteiger partial charge is 0.481 e. The van der Waals surface area contributed by atoms with E-state index in [9.17, 15) is 9.59 Å². The maximum Gasteiger partial charge on any atom is 0.307 e. The van der Waals surface area contributed by atoms with Crippen LogP contribution in [0.5, 0.6) is 0 Å². The molecule has 2 atom stereocenters. The molecule has 18 heavy (non-hydrogen) atoms. The summed E-state index contributed by atoms with van der Waals surface area (Å²) in [7, 11) is 0. The van der Waals surface area contributed by atoms with Gasteiger partial charge in [0, 0.05) is 5.54 Å². The van der Waals surface area contributed by atoms with Crippen molar-refractivity contribution >= 4 is 11.9 Å². The van der Waals surface area contributed by atoms with Crippen LogP contribution in [0.4, 0.5) is 0 Å². The summed E-state index contributed by atoms with van der Waals surface area (Å²) < 4.78 is 0. The molecule has 0 aromatic heterocycles. The molecule has 2 saturated carbocycles. The normalized spacial score (nSPS) is 30.9. The first-order valence-corrected chi connectivity index (χ1v) is 7.07. The van der Waals surface area contributed by atoms with Gasteiger partial charge < -0.3 is 10.4 Å². The van der Waals surface area contributed by atoms with Gasteiger partial charge in [-0.1, -0.05) is 25.7 Å². The Morgan fingerprint density at radius 3 is 2.28 bits per heavy atom. The molecule has 2 aliphatic rings. The summed E-state index contributed by atoms with van der Waals surface area (Å²) in [5.74, 6) is -1.65. The topological polar surface area (TPSA) is 66.4 Å². The number of carbonyl (C=O) groups is 2. The summed E-state index contributed by atoms with van der Waals surface area (Å²) in [6.07, 6.45) is 7.81. The molecule has 4 nitrogen and oxygen atoms in total. The lowest BCUT2D eigenvalue weighted by Crippen LogP contribution is -2.50. The van der Waals surface area contributed by atoms with Crippen molar-refractivity contribution in [3.8, 4) is 0 Å². The number of carbonyl (C=O) groups excluding carboxylic acids is 1. The van der Waals surface area contributed by atoms with E-state index < -0.39 is 11.9 Å². The molecule has 0 spiro atoms. The van der Waals surface area contributed by atoms with Crippen LogP contribution in [0.25, 0.3) is 0 Å². The second kappa shape index (κ2) is 5.29. The van der Waals surface area contributed by atoms with E-state index in [1.807, 2.05) is 0 Å². The molecule has 0 aromatic carbocycles. The minimum atomic E-state index is -0.818. The third-order valence-corrected chi connectivity index (χ3v) is 4.55. The number of carboxylic acid groups (broad SMARTS) is 1. The predicted octanol–water partition coefficient (Wildman–Crippen LogP) is 2.33. The number of hydrogen-bond acceptors (Lipinski definition) is 2. The Hall–Kier alpha value is -1.06. The molecule has 0 saturated heterocycles. The third kappa shape index (κ3) is 2.85. The summed E-state index contributed by atoms with van der Waals surface area (Å²) in [6.45, 7) is 2.09. The van der Waals surface area contributed by atoms with E-state index in [0.29, 0.717) is 6.42 Å². The van der Waals surface area contributed by atoms with Crippen LogP contribution < -0.4 is 5.32 Å².